The minimum absolute atomic E-state index is 0.00410. The van der Waals surface area contributed by atoms with Gasteiger partial charge in [-0.05, 0) is 24.5 Å². The van der Waals surface area contributed by atoms with Gasteiger partial charge < -0.3 is 9.84 Å². The van der Waals surface area contributed by atoms with Crippen LogP contribution in [0.5, 0.6) is 5.75 Å². The molecule has 1 fully saturated rings. The van der Waals surface area contributed by atoms with E-state index in [1.807, 2.05) is 0 Å². The molecular formula is C13H17NO5S. The van der Waals surface area contributed by atoms with Gasteiger partial charge in [0.15, 0.2) is 0 Å². The van der Waals surface area contributed by atoms with Crippen molar-refractivity contribution in [3.8, 4) is 5.75 Å². The van der Waals surface area contributed by atoms with Gasteiger partial charge in [-0.3, -0.25) is 4.79 Å². The first kappa shape index (κ1) is 14.8. The molecule has 1 aliphatic heterocycles. The SMILES string of the molecule is COc1cccc(S(=O)(=O)N2CCC(CC(=O)O)C2)c1. The minimum atomic E-state index is -3.58. The second-order valence-corrected chi connectivity index (χ2v) is 6.73. The molecule has 2 rings (SSSR count). The maximum atomic E-state index is 12.5. The summed E-state index contributed by atoms with van der Waals surface area (Å²) in [4.78, 5) is 10.9. The van der Waals surface area contributed by atoms with Crippen LogP contribution in [-0.2, 0) is 14.8 Å². The quantitative estimate of drug-likeness (QED) is 0.882. The fourth-order valence-corrected chi connectivity index (χ4v) is 3.91. The Hall–Kier alpha value is -1.60. The number of nitrogens with zero attached hydrogens (tertiary/aromatic N) is 1. The number of benzene rings is 1. The number of aliphatic carboxylic acids is 1. The molecule has 0 saturated carbocycles. The molecular weight excluding hydrogens is 282 g/mol. The van der Waals surface area contributed by atoms with Gasteiger partial charge in [0.1, 0.15) is 5.75 Å². The normalized spacial score (nSPS) is 19.9. The van der Waals surface area contributed by atoms with Crippen LogP contribution in [0.15, 0.2) is 29.2 Å². The van der Waals surface area contributed by atoms with Crippen molar-refractivity contribution in [2.45, 2.75) is 17.7 Å². The van der Waals surface area contributed by atoms with E-state index in [9.17, 15) is 13.2 Å². The van der Waals surface area contributed by atoms with Crippen molar-refractivity contribution < 1.29 is 23.1 Å². The van der Waals surface area contributed by atoms with Crippen LogP contribution in [0.25, 0.3) is 0 Å². The average molecular weight is 299 g/mol. The van der Waals surface area contributed by atoms with Gasteiger partial charge in [-0.25, -0.2) is 8.42 Å². The van der Waals surface area contributed by atoms with E-state index in [4.69, 9.17) is 9.84 Å². The van der Waals surface area contributed by atoms with Crippen LogP contribution in [-0.4, -0.2) is 44.0 Å². The zero-order valence-electron chi connectivity index (χ0n) is 11.2. The van der Waals surface area contributed by atoms with Crippen molar-refractivity contribution in [3.63, 3.8) is 0 Å². The molecule has 0 amide bonds. The van der Waals surface area contributed by atoms with Gasteiger partial charge in [-0.2, -0.15) is 4.31 Å². The van der Waals surface area contributed by atoms with Crippen LogP contribution >= 0.6 is 0 Å². The van der Waals surface area contributed by atoms with Crippen LogP contribution < -0.4 is 4.74 Å². The van der Waals surface area contributed by atoms with Gasteiger partial charge >= 0.3 is 5.97 Å². The molecule has 110 valence electrons. The molecule has 1 aromatic carbocycles. The van der Waals surface area contributed by atoms with E-state index in [0.717, 1.165) is 0 Å². The van der Waals surface area contributed by atoms with Crippen molar-refractivity contribution >= 4 is 16.0 Å². The number of carboxylic acids is 1. The summed E-state index contributed by atoms with van der Waals surface area (Å²) in [5.41, 5.74) is 0. The highest BCUT2D eigenvalue weighted by Gasteiger charge is 2.33. The summed E-state index contributed by atoms with van der Waals surface area (Å²) in [6.07, 6.45) is 0.583. The minimum Gasteiger partial charge on any atom is -0.497 e. The highest BCUT2D eigenvalue weighted by molar-refractivity contribution is 7.89. The van der Waals surface area contributed by atoms with Crippen LogP contribution in [0, 0.1) is 5.92 Å². The third-order valence-corrected chi connectivity index (χ3v) is 5.25. The Morgan fingerprint density at radius 1 is 1.50 bits per heavy atom. The first-order chi connectivity index (χ1) is 9.43. The monoisotopic (exact) mass is 299 g/mol. The number of sulfonamides is 1. The molecule has 1 heterocycles. The van der Waals surface area contributed by atoms with Crippen LogP contribution in [0.2, 0.25) is 0 Å². The molecule has 0 aliphatic carbocycles. The lowest BCUT2D eigenvalue weighted by Gasteiger charge is -2.16. The molecule has 6 nitrogen and oxygen atoms in total. The maximum Gasteiger partial charge on any atom is 0.303 e. The van der Waals surface area contributed by atoms with Gasteiger partial charge in [0.2, 0.25) is 10.0 Å². The summed E-state index contributed by atoms with van der Waals surface area (Å²) in [6.45, 7) is 0.614. The van der Waals surface area contributed by atoms with Crippen molar-refractivity contribution in [1.82, 2.24) is 4.31 Å². The van der Waals surface area contributed by atoms with E-state index in [0.29, 0.717) is 18.7 Å². The van der Waals surface area contributed by atoms with Gasteiger partial charge in [-0.1, -0.05) is 6.07 Å². The van der Waals surface area contributed by atoms with Crippen LogP contribution in [0.4, 0.5) is 0 Å². The van der Waals surface area contributed by atoms with E-state index in [-0.39, 0.29) is 23.8 Å². The van der Waals surface area contributed by atoms with Gasteiger partial charge in [-0.15, -0.1) is 0 Å². The summed E-state index contributed by atoms with van der Waals surface area (Å²) in [6, 6.07) is 6.29. The lowest BCUT2D eigenvalue weighted by molar-refractivity contribution is -0.137. The van der Waals surface area contributed by atoms with Crippen LogP contribution in [0.1, 0.15) is 12.8 Å². The molecule has 1 saturated heterocycles. The third kappa shape index (κ3) is 3.10. The van der Waals surface area contributed by atoms with Gasteiger partial charge in [0, 0.05) is 25.6 Å². The molecule has 0 bridgehead atoms. The van der Waals surface area contributed by atoms with Crippen LogP contribution in [0.3, 0.4) is 0 Å². The lowest BCUT2D eigenvalue weighted by Crippen LogP contribution is -2.29. The summed E-state index contributed by atoms with van der Waals surface area (Å²) < 4.78 is 31.3. The van der Waals surface area contributed by atoms with Gasteiger partial charge in [0.05, 0.1) is 12.0 Å². The lowest BCUT2D eigenvalue weighted by atomic mass is 10.1. The molecule has 1 unspecified atom stereocenters. The Bertz CT molecular complexity index is 599. The van der Waals surface area contributed by atoms with E-state index in [2.05, 4.69) is 0 Å². The van der Waals surface area contributed by atoms with E-state index in [1.54, 1.807) is 12.1 Å². The predicted molar refractivity (Wildman–Crippen MR) is 72.1 cm³/mol. The summed E-state index contributed by atoms with van der Waals surface area (Å²) in [5, 5.41) is 8.76. The molecule has 1 aliphatic rings. The van der Waals surface area contributed by atoms with E-state index < -0.39 is 16.0 Å². The molecule has 1 atom stereocenters. The largest absolute Gasteiger partial charge is 0.497 e. The molecule has 20 heavy (non-hydrogen) atoms. The third-order valence-electron chi connectivity index (χ3n) is 3.39. The zero-order valence-corrected chi connectivity index (χ0v) is 12.0. The topological polar surface area (TPSA) is 83.9 Å². The van der Waals surface area contributed by atoms with Crippen molar-refractivity contribution in [1.29, 1.82) is 0 Å². The molecule has 0 aromatic heterocycles. The highest BCUT2D eigenvalue weighted by Crippen LogP contribution is 2.27. The number of carbonyl (C=O) groups is 1. The molecule has 0 radical (unpaired) electrons. The van der Waals surface area contributed by atoms with E-state index in [1.165, 1.54) is 23.5 Å². The Balaban J connectivity index is 2.17. The number of hydrogen-bond acceptors (Lipinski definition) is 4. The summed E-state index contributed by atoms with van der Waals surface area (Å²) >= 11 is 0. The fraction of sp³-hybridized carbons (Fsp3) is 0.462. The summed E-state index contributed by atoms with van der Waals surface area (Å²) in [5.74, 6) is -0.532. The Labute approximate surface area is 118 Å². The van der Waals surface area contributed by atoms with Crippen molar-refractivity contribution in [3.05, 3.63) is 24.3 Å². The van der Waals surface area contributed by atoms with Crippen molar-refractivity contribution in [2.75, 3.05) is 20.2 Å². The highest BCUT2D eigenvalue weighted by atomic mass is 32.2. The number of rotatable bonds is 5. The zero-order chi connectivity index (χ0) is 14.8. The molecule has 1 aromatic rings. The Morgan fingerprint density at radius 3 is 2.90 bits per heavy atom. The molecule has 1 N–H and O–H groups in total. The Kier molecular flexibility index (Phi) is 4.29. The number of methoxy groups -OCH3 is 1. The molecule has 0 spiro atoms. The van der Waals surface area contributed by atoms with Crippen molar-refractivity contribution in [2.24, 2.45) is 5.92 Å². The summed E-state index contributed by atoms with van der Waals surface area (Å²) in [7, 11) is -2.10. The second-order valence-electron chi connectivity index (χ2n) is 4.79. The first-order valence-corrected chi connectivity index (χ1v) is 7.73. The fourth-order valence-electron chi connectivity index (χ4n) is 2.34. The number of hydrogen-bond donors (Lipinski definition) is 1. The standard InChI is InChI=1S/C13H17NO5S/c1-19-11-3-2-4-12(8-11)20(17,18)14-6-5-10(9-14)7-13(15)16/h2-4,8,10H,5-7,9H2,1H3,(H,15,16). The maximum absolute atomic E-state index is 12.5. The number of ether oxygens (including phenoxy) is 1. The van der Waals surface area contributed by atoms with Gasteiger partial charge in [0.25, 0.3) is 0 Å². The molecule has 7 heteroatoms. The smallest absolute Gasteiger partial charge is 0.303 e. The second kappa shape index (κ2) is 5.80. The number of carboxylic acid groups (broad SMARTS) is 1. The van der Waals surface area contributed by atoms with E-state index >= 15 is 0 Å². The predicted octanol–water partition coefficient (Wildman–Crippen LogP) is 1.18. The average Bonchev–Trinajstić information content (AvgIpc) is 2.87. The first-order valence-electron chi connectivity index (χ1n) is 6.29. The Morgan fingerprint density at radius 2 is 2.25 bits per heavy atom.